The molecule has 0 fully saturated rings. The molecule has 0 aliphatic rings. The normalized spacial score (nSPS) is 12.4. The number of methoxy groups -OCH3 is 1. The predicted octanol–water partition coefficient (Wildman–Crippen LogP) is 5.29. The summed E-state index contributed by atoms with van der Waals surface area (Å²) < 4.78 is 34.9. The molecule has 0 bridgehead atoms. The number of anilines is 1. The Morgan fingerprint density at radius 2 is 1.52 bits per heavy atom. The molecule has 8 nitrogen and oxygen atoms in total. The van der Waals surface area contributed by atoms with Crippen molar-refractivity contribution in [2.24, 2.45) is 0 Å². The topological polar surface area (TPSA) is 96.0 Å². The molecule has 1 atom stereocenters. The van der Waals surface area contributed by atoms with Crippen molar-refractivity contribution < 1.29 is 22.7 Å². The fourth-order valence-corrected chi connectivity index (χ4v) is 5.64. The van der Waals surface area contributed by atoms with Crippen molar-refractivity contribution in [3.63, 3.8) is 0 Å². The molecule has 0 saturated carbocycles. The van der Waals surface area contributed by atoms with Gasteiger partial charge in [0, 0.05) is 16.6 Å². The number of ether oxygens (including phenoxy) is 1. The van der Waals surface area contributed by atoms with Crippen LogP contribution in [0.3, 0.4) is 0 Å². The maximum atomic E-state index is 14.0. The van der Waals surface area contributed by atoms with Crippen LogP contribution in [0.25, 0.3) is 0 Å². The summed E-state index contributed by atoms with van der Waals surface area (Å²) >= 11 is 3.42. The van der Waals surface area contributed by atoms with E-state index in [0.29, 0.717) is 11.4 Å². The highest BCUT2D eigenvalue weighted by molar-refractivity contribution is 9.10. The zero-order chi connectivity index (χ0) is 29.7. The standard InChI is InChI=1S/C30H36BrN3O5S/c1-21-7-17-27(18-8-21)40(37,38)34(25-13-15-26(39-6)16-14-25)20-28(35)33(19-23-9-11-24(31)12-10-23)22(2)29(36)32-30(3,4)5/h7-18,22H,19-20H2,1-6H3,(H,32,36)/t22-/m1/s1. The lowest BCUT2D eigenvalue weighted by Gasteiger charge is -2.33. The Labute approximate surface area is 245 Å². The molecule has 2 amide bonds. The Balaban J connectivity index is 2.03. The van der Waals surface area contributed by atoms with Gasteiger partial charge in [0.05, 0.1) is 17.7 Å². The lowest BCUT2D eigenvalue weighted by Crippen LogP contribution is -2.54. The number of amides is 2. The van der Waals surface area contributed by atoms with Crippen molar-refractivity contribution >= 4 is 43.5 Å². The summed E-state index contributed by atoms with van der Waals surface area (Å²) in [6, 6.07) is 19.4. The minimum absolute atomic E-state index is 0.0553. The lowest BCUT2D eigenvalue weighted by molar-refractivity contribution is -0.140. The Hall–Kier alpha value is -3.37. The first-order valence-electron chi connectivity index (χ1n) is 12.8. The SMILES string of the molecule is COc1ccc(N(CC(=O)N(Cc2ccc(Br)cc2)[C@H](C)C(=O)NC(C)(C)C)S(=O)(=O)c2ccc(C)cc2)cc1. The highest BCUT2D eigenvalue weighted by atomic mass is 79.9. The monoisotopic (exact) mass is 629 g/mol. The first-order chi connectivity index (χ1) is 18.7. The molecule has 3 aromatic rings. The van der Waals surface area contributed by atoms with Gasteiger partial charge in [0.2, 0.25) is 11.8 Å². The molecule has 40 heavy (non-hydrogen) atoms. The van der Waals surface area contributed by atoms with Crippen LogP contribution >= 0.6 is 15.9 Å². The van der Waals surface area contributed by atoms with Gasteiger partial charge in [-0.05, 0) is 88.7 Å². The van der Waals surface area contributed by atoms with Crippen molar-refractivity contribution in [2.45, 2.75) is 57.6 Å². The molecule has 214 valence electrons. The zero-order valence-corrected chi connectivity index (χ0v) is 26.0. The van der Waals surface area contributed by atoms with Gasteiger partial charge in [0.25, 0.3) is 10.0 Å². The van der Waals surface area contributed by atoms with Crippen molar-refractivity contribution in [1.82, 2.24) is 10.2 Å². The second-order valence-electron chi connectivity index (χ2n) is 10.6. The first-order valence-corrected chi connectivity index (χ1v) is 15.0. The molecular weight excluding hydrogens is 594 g/mol. The summed E-state index contributed by atoms with van der Waals surface area (Å²) in [5.74, 6) is -0.312. The molecule has 3 aromatic carbocycles. The molecule has 0 aromatic heterocycles. The minimum atomic E-state index is -4.13. The number of sulfonamides is 1. The van der Waals surface area contributed by atoms with Crippen LogP contribution in [-0.2, 0) is 26.2 Å². The van der Waals surface area contributed by atoms with E-state index in [1.165, 1.54) is 24.1 Å². The van der Waals surface area contributed by atoms with E-state index >= 15 is 0 Å². The highest BCUT2D eigenvalue weighted by Gasteiger charge is 2.33. The van der Waals surface area contributed by atoms with Gasteiger partial charge >= 0.3 is 0 Å². The number of halogens is 1. The summed E-state index contributed by atoms with van der Waals surface area (Å²) in [6.45, 7) is 8.70. The summed E-state index contributed by atoms with van der Waals surface area (Å²) in [6.07, 6.45) is 0. The van der Waals surface area contributed by atoms with Crippen LogP contribution in [0.2, 0.25) is 0 Å². The smallest absolute Gasteiger partial charge is 0.264 e. The van der Waals surface area contributed by atoms with Crippen LogP contribution in [0.15, 0.2) is 82.2 Å². The molecule has 0 spiro atoms. The minimum Gasteiger partial charge on any atom is -0.497 e. The van der Waals surface area contributed by atoms with Gasteiger partial charge in [-0.3, -0.25) is 13.9 Å². The Morgan fingerprint density at radius 3 is 2.05 bits per heavy atom. The van der Waals surface area contributed by atoms with E-state index in [0.717, 1.165) is 19.9 Å². The second kappa shape index (κ2) is 12.9. The number of aryl methyl sites for hydroxylation is 1. The molecule has 0 radical (unpaired) electrons. The van der Waals surface area contributed by atoms with Crippen molar-refractivity contribution in [2.75, 3.05) is 18.0 Å². The number of hydrogen-bond acceptors (Lipinski definition) is 5. The van der Waals surface area contributed by atoms with Crippen LogP contribution in [0.5, 0.6) is 5.75 Å². The number of carbonyl (C=O) groups excluding carboxylic acids is 2. The quantitative estimate of drug-likeness (QED) is 0.329. The van der Waals surface area contributed by atoms with E-state index in [9.17, 15) is 18.0 Å². The fourth-order valence-electron chi connectivity index (χ4n) is 3.96. The summed E-state index contributed by atoms with van der Waals surface area (Å²) in [4.78, 5) is 28.6. The molecule has 3 rings (SSSR count). The molecule has 0 aliphatic heterocycles. The second-order valence-corrected chi connectivity index (χ2v) is 13.4. The summed E-state index contributed by atoms with van der Waals surface area (Å²) in [7, 11) is -2.62. The van der Waals surface area contributed by atoms with E-state index in [4.69, 9.17) is 4.74 Å². The third kappa shape index (κ3) is 8.08. The molecule has 10 heteroatoms. The van der Waals surface area contributed by atoms with E-state index < -0.39 is 34.1 Å². The maximum Gasteiger partial charge on any atom is 0.264 e. The number of carbonyl (C=O) groups is 2. The molecular formula is C30H36BrN3O5S. The van der Waals surface area contributed by atoms with Crippen molar-refractivity contribution in [3.8, 4) is 5.75 Å². The zero-order valence-electron chi connectivity index (χ0n) is 23.6. The van der Waals surface area contributed by atoms with Crippen molar-refractivity contribution in [1.29, 1.82) is 0 Å². The lowest BCUT2D eigenvalue weighted by atomic mass is 10.1. The molecule has 0 heterocycles. The van der Waals surface area contributed by atoms with E-state index in [-0.39, 0.29) is 17.3 Å². The number of nitrogens with zero attached hydrogens (tertiary/aromatic N) is 2. The average molecular weight is 631 g/mol. The largest absolute Gasteiger partial charge is 0.497 e. The van der Waals surface area contributed by atoms with Gasteiger partial charge < -0.3 is 15.0 Å². The molecule has 1 N–H and O–H groups in total. The average Bonchev–Trinajstić information content (AvgIpc) is 2.90. The van der Waals surface area contributed by atoms with Crippen molar-refractivity contribution in [3.05, 3.63) is 88.4 Å². The van der Waals surface area contributed by atoms with E-state index in [1.54, 1.807) is 43.3 Å². The van der Waals surface area contributed by atoms with Crippen LogP contribution in [0.4, 0.5) is 5.69 Å². The highest BCUT2D eigenvalue weighted by Crippen LogP contribution is 2.27. The Kier molecular flexibility index (Phi) is 10.0. The number of rotatable bonds is 10. The number of nitrogens with one attached hydrogen (secondary N) is 1. The Bertz CT molecular complexity index is 1420. The molecule has 0 saturated heterocycles. The van der Waals surface area contributed by atoms with Crippen LogP contribution in [-0.4, -0.2) is 50.4 Å². The molecule has 0 aliphatic carbocycles. The first kappa shape index (κ1) is 31.2. The number of benzene rings is 3. The van der Waals surface area contributed by atoms with Gasteiger partial charge in [-0.25, -0.2) is 8.42 Å². The Morgan fingerprint density at radius 1 is 0.950 bits per heavy atom. The van der Waals surface area contributed by atoms with Gasteiger partial charge in [-0.15, -0.1) is 0 Å². The van der Waals surface area contributed by atoms with Gasteiger partial charge in [0.1, 0.15) is 18.3 Å². The van der Waals surface area contributed by atoms with E-state index in [2.05, 4.69) is 21.2 Å². The van der Waals surface area contributed by atoms with Gasteiger partial charge in [-0.2, -0.15) is 0 Å². The maximum absolute atomic E-state index is 14.0. The van der Waals surface area contributed by atoms with Crippen LogP contribution in [0, 0.1) is 6.92 Å². The summed E-state index contributed by atoms with van der Waals surface area (Å²) in [5.41, 5.74) is 1.49. The van der Waals surface area contributed by atoms with E-state index in [1.807, 2.05) is 52.0 Å². The molecule has 0 unspecified atom stereocenters. The van der Waals surface area contributed by atoms with Crippen LogP contribution < -0.4 is 14.4 Å². The summed E-state index contributed by atoms with van der Waals surface area (Å²) in [5, 5.41) is 2.92. The third-order valence-corrected chi connectivity index (χ3v) is 8.50. The number of hydrogen-bond donors (Lipinski definition) is 1. The third-order valence-electron chi connectivity index (χ3n) is 6.18. The van der Waals surface area contributed by atoms with Crippen LogP contribution in [0.1, 0.15) is 38.8 Å². The fraction of sp³-hybridized carbons (Fsp3) is 0.333. The van der Waals surface area contributed by atoms with Gasteiger partial charge in [0.15, 0.2) is 0 Å². The predicted molar refractivity (Wildman–Crippen MR) is 161 cm³/mol. The van der Waals surface area contributed by atoms with Gasteiger partial charge in [-0.1, -0.05) is 45.8 Å².